The molecule has 0 aliphatic heterocycles. The third kappa shape index (κ3) is 3.54. The van der Waals surface area contributed by atoms with E-state index in [1.54, 1.807) is 0 Å². The third-order valence-electron chi connectivity index (χ3n) is 3.56. The summed E-state index contributed by atoms with van der Waals surface area (Å²) in [4.78, 5) is 0. The molecule has 3 heteroatoms. The Bertz CT molecular complexity index is 352. The van der Waals surface area contributed by atoms with E-state index in [4.69, 9.17) is 0 Å². The molecule has 0 bridgehead atoms. The number of hydrogen-bond acceptors (Lipinski definition) is 2. The SMILES string of the molecule is CC(N[C@H]1CCCC[C@@H]1O)c1ccc(Br)cc1. The minimum atomic E-state index is -0.179. The number of aliphatic hydroxyl groups excluding tert-OH is 1. The molecule has 0 aromatic heterocycles. The van der Waals surface area contributed by atoms with Crippen molar-refractivity contribution in [3.05, 3.63) is 34.3 Å². The molecule has 0 radical (unpaired) electrons. The van der Waals surface area contributed by atoms with E-state index in [1.807, 2.05) is 0 Å². The normalized spacial score (nSPS) is 26.8. The van der Waals surface area contributed by atoms with E-state index in [9.17, 15) is 5.11 Å². The molecule has 1 unspecified atom stereocenters. The zero-order chi connectivity index (χ0) is 12.3. The monoisotopic (exact) mass is 297 g/mol. The Labute approximate surface area is 112 Å². The van der Waals surface area contributed by atoms with Gasteiger partial charge in [0, 0.05) is 16.6 Å². The number of aliphatic hydroxyl groups is 1. The van der Waals surface area contributed by atoms with Gasteiger partial charge in [-0.1, -0.05) is 40.9 Å². The third-order valence-corrected chi connectivity index (χ3v) is 4.09. The van der Waals surface area contributed by atoms with Crippen LogP contribution in [0.1, 0.15) is 44.2 Å². The fourth-order valence-electron chi connectivity index (χ4n) is 2.47. The molecule has 1 aromatic rings. The van der Waals surface area contributed by atoms with Gasteiger partial charge in [-0.15, -0.1) is 0 Å². The Hall–Kier alpha value is -0.380. The van der Waals surface area contributed by atoms with Crippen molar-refractivity contribution in [2.24, 2.45) is 0 Å². The fraction of sp³-hybridized carbons (Fsp3) is 0.571. The quantitative estimate of drug-likeness (QED) is 0.896. The van der Waals surface area contributed by atoms with Crippen LogP contribution in [0.2, 0.25) is 0 Å². The average Bonchev–Trinajstić information content (AvgIpc) is 2.33. The van der Waals surface area contributed by atoms with Crippen molar-refractivity contribution in [1.82, 2.24) is 5.32 Å². The average molecular weight is 298 g/mol. The Kier molecular flexibility index (Phi) is 4.60. The molecule has 1 aliphatic rings. The second-order valence-corrected chi connectivity index (χ2v) is 5.81. The summed E-state index contributed by atoms with van der Waals surface area (Å²) in [5.41, 5.74) is 1.27. The summed E-state index contributed by atoms with van der Waals surface area (Å²) in [6.45, 7) is 2.16. The van der Waals surface area contributed by atoms with Gasteiger partial charge in [-0.3, -0.25) is 0 Å². The Morgan fingerprint density at radius 1 is 1.24 bits per heavy atom. The van der Waals surface area contributed by atoms with Crippen molar-refractivity contribution in [3.8, 4) is 0 Å². The van der Waals surface area contributed by atoms with Gasteiger partial charge in [0.15, 0.2) is 0 Å². The summed E-state index contributed by atoms with van der Waals surface area (Å²) in [7, 11) is 0. The molecule has 1 saturated carbocycles. The number of benzene rings is 1. The van der Waals surface area contributed by atoms with E-state index in [-0.39, 0.29) is 12.1 Å². The summed E-state index contributed by atoms with van der Waals surface area (Å²) in [6, 6.07) is 8.91. The van der Waals surface area contributed by atoms with Crippen LogP contribution in [0.5, 0.6) is 0 Å². The van der Waals surface area contributed by atoms with Crippen LogP contribution < -0.4 is 5.32 Å². The van der Waals surface area contributed by atoms with Crippen LogP contribution in [0.15, 0.2) is 28.7 Å². The van der Waals surface area contributed by atoms with Crippen molar-refractivity contribution in [1.29, 1.82) is 0 Å². The highest BCUT2D eigenvalue weighted by Crippen LogP contribution is 2.22. The van der Waals surface area contributed by atoms with Crippen LogP contribution in [0.3, 0.4) is 0 Å². The van der Waals surface area contributed by atoms with Crippen molar-refractivity contribution in [2.75, 3.05) is 0 Å². The summed E-state index contributed by atoms with van der Waals surface area (Å²) < 4.78 is 1.10. The molecule has 0 amide bonds. The van der Waals surface area contributed by atoms with Crippen LogP contribution in [0.25, 0.3) is 0 Å². The predicted molar refractivity (Wildman–Crippen MR) is 74.0 cm³/mol. The van der Waals surface area contributed by atoms with Gasteiger partial charge < -0.3 is 10.4 Å². The first-order chi connectivity index (χ1) is 8.16. The molecule has 1 fully saturated rings. The molecule has 0 spiro atoms. The van der Waals surface area contributed by atoms with Gasteiger partial charge in [0.1, 0.15) is 0 Å². The van der Waals surface area contributed by atoms with Crippen LogP contribution in [-0.2, 0) is 0 Å². The lowest BCUT2D eigenvalue weighted by Gasteiger charge is -2.31. The number of nitrogens with one attached hydrogen (secondary N) is 1. The Morgan fingerprint density at radius 2 is 1.88 bits per heavy atom. The van der Waals surface area contributed by atoms with Crippen LogP contribution >= 0.6 is 15.9 Å². The summed E-state index contributed by atoms with van der Waals surface area (Å²) >= 11 is 3.44. The van der Waals surface area contributed by atoms with Gasteiger partial charge in [0.05, 0.1) is 6.10 Å². The molecule has 2 nitrogen and oxygen atoms in total. The molecule has 3 atom stereocenters. The van der Waals surface area contributed by atoms with Gasteiger partial charge in [-0.05, 0) is 37.5 Å². The molecular weight excluding hydrogens is 278 g/mol. The first-order valence-corrected chi connectivity index (χ1v) is 7.15. The predicted octanol–water partition coefficient (Wildman–Crippen LogP) is 3.40. The van der Waals surface area contributed by atoms with E-state index in [1.165, 1.54) is 12.0 Å². The smallest absolute Gasteiger partial charge is 0.0693 e. The van der Waals surface area contributed by atoms with Gasteiger partial charge in [-0.2, -0.15) is 0 Å². The lowest BCUT2D eigenvalue weighted by atomic mass is 9.91. The Balaban J connectivity index is 1.95. The molecule has 2 N–H and O–H groups in total. The molecule has 1 aromatic carbocycles. The maximum Gasteiger partial charge on any atom is 0.0693 e. The summed E-state index contributed by atoms with van der Waals surface area (Å²) in [6.07, 6.45) is 4.22. The fourth-order valence-corrected chi connectivity index (χ4v) is 2.74. The number of halogens is 1. The molecular formula is C14H20BrNO. The van der Waals surface area contributed by atoms with E-state index in [0.717, 1.165) is 23.7 Å². The van der Waals surface area contributed by atoms with Gasteiger partial charge in [-0.25, -0.2) is 0 Å². The van der Waals surface area contributed by atoms with Gasteiger partial charge >= 0.3 is 0 Å². The molecule has 17 heavy (non-hydrogen) atoms. The van der Waals surface area contributed by atoms with Crippen LogP contribution in [-0.4, -0.2) is 17.3 Å². The molecule has 94 valence electrons. The van der Waals surface area contributed by atoms with E-state index >= 15 is 0 Å². The van der Waals surface area contributed by atoms with Gasteiger partial charge in [0.25, 0.3) is 0 Å². The number of rotatable bonds is 3. The van der Waals surface area contributed by atoms with Crippen molar-refractivity contribution < 1.29 is 5.11 Å². The highest BCUT2D eigenvalue weighted by molar-refractivity contribution is 9.10. The first kappa shape index (κ1) is 13.1. The second kappa shape index (κ2) is 5.98. The summed E-state index contributed by atoms with van der Waals surface area (Å²) in [5.74, 6) is 0. The van der Waals surface area contributed by atoms with Crippen molar-refractivity contribution >= 4 is 15.9 Å². The van der Waals surface area contributed by atoms with Crippen LogP contribution in [0, 0.1) is 0 Å². The van der Waals surface area contributed by atoms with Crippen LogP contribution in [0.4, 0.5) is 0 Å². The molecule has 2 rings (SSSR count). The zero-order valence-electron chi connectivity index (χ0n) is 10.2. The first-order valence-electron chi connectivity index (χ1n) is 6.36. The topological polar surface area (TPSA) is 32.3 Å². The number of hydrogen-bond donors (Lipinski definition) is 2. The standard InChI is InChI=1S/C14H20BrNO/c1-10(11-6-8-12(15)9-7-11)16-13-4-2-3-5-14(13)17/h6-10,13-14,16-17H,2-5H2,1H3/t10?,13-,14-/m0/s1. The van der Waals surface area contributed by atoms with Crippen molar-refractivity contribution in [3.63, 3.8) is 0 Å². The zero-order valence-corrected chi connectivity index (χ0v) is 11.8. The van der Waals surface area contributed by atoms with E-state index < -0.39 is 0 Å². The highest BCUT2D eigenvalue weighted by Gasteiger charge is 2.24. The molecule has 0 heterocycles. The maximum atomic E-state index is 9.94. The maximum absolute atomic E-state index is 9.94. The van der Waals surface area contributed by atoms with E-state index in [2.05, 4.69) is 52.4 Å². The molecule has 0 saturated heterocycles. The van der Waals surface area contributed by atoms with Crippen molar-refractivity contribution in [2.45, 2.75) is 50.8 Å². The van der Waals surface area contributed by atoms with E-state index in [0.29, 0.717) is 6.04 Å². The minimum absolute atomic E-state index is 0.179. The van der Waals surface area contributed by atoms with Gasteiger partial charge in [0.2, 0.25) is 0 Å². The minimum Gasteiger partial charge on any atom is -0.392 e. The highest BCUT2D eigenvalue weighted by atomic mass is 79.9. The Morgan fingerprint density at radius 3 is 2.53 bits per heavy atom. The summed E-state index contributed by atoms with van der Waals surface area (Å²) in [5, 5.41) is 13.5. The largest absolute Gasteiger partial charge is 0.392 e. The molecule has 1 aliphatic carbocycles. The lowest BCUT2D eigenvalue weighted by molar-refractivity contribution is 0.0860. The second-order valence-electron chi connectivity index (χ2n) is 4.90. The lowest BCUT2D eigenvalue weighted by Crippen LogP contribution is -2.43.